The first-order valence-corrected chi connectivity index (χ1v) is 10.3. The molecule has 2 aromatic carbocycles. The van der Waals surface area contributed by atoms with Gasteiger partial charge in [0.25, 0.3) is 5.91 Å². The number of piperidine rings is 1. The Morgan fingerprint density at radius 1 is 1.07 bits per heavy atom. The van der Waals surface area contributed by atoms with E-state index in [1.165, 1.54) is 5.56 Å². The number of fused-ring (bicyclic) bond motifs is 1. The summed E-state index contributed by atoms with van der Waals surface area (Å²) in [5, 5.41) is 9.39. The number of imide groups is 1. The van der Waals surface area contributed by atoms with E-state index in [0.29, 0.717) is 25.1 Å². The summed E-state index contributed by atoms with van der Waals surface area (Å²) in [5.41, 5.74) is 3.88. The third kappa shape index (κ3) is 3.20. The fourth-order valence-corrected chi connectivity index (χ4v) is 4.57. The lowest BCUT2D eigenvalue weighted by Gasteiger charge is -2.44. The molecule has 0 bridgehead atoms. The van der Waals surface area contributed by atoms with Gasteiger partial charge in [0.05, 0.1) is 5.54 Å². The number of nitrogens with one attached hydrogen (secondary N) is 3. The molecule has 2 fully saturated rings. The third-order valence-electron chi connectivity index (χ3n) is 6.40. The molecular weight excluding hydrogens is 380 g/mol. The van der Waals surface area contributed by atoms with Crippen LogP contribution in [0.4, 0.5) is 0 Å². The molecule has 0 saturated carbocycles. The number of benzene rings is 2. The summed E-state index contributed by atoms with van der Waals surface area (Å²) >= 11 is 0. The van der Waals surface area contributed by atoms with Crippen LogP contribution in [0.2, 0.25) is 0 Å². The molecule has 3 amide bonds. The van der Waals surface area contributed by atoms with Crippen LogP contribution in [-0.2, 0) is 28.2 Å². The molecule has 154 valence electrons. The normalized spacial score (nSPS) is 22.5. The Morgan fingerprint density at radius 3 is 2.57 bits per heavy atom. The maximum Gasteiger partial charge on any atom is 0.255 e. The standard InChI is InChI=1S/C23H24N4O3/c28-20-9-8-19(21(29)26-20)27-12-16-10-15(6-7-18(16)22(27)30)11-25-23(13-24-14-23)17-4-2-1-3-5-17/h1-7,10,19,24-25H,8-9,11-14H2,(H,26,28,29). The number of carbonyl (C=O) groups excluding carboxylic acids is 3. The zero-order valence-electron chi connectivity index (χ0n) is 16.6. The van der Waals surface area contributed by atoms with E-state index in [2.05, 4.69) is 46.3 Å². The first kappa shape index (κ1) is 19.0. The van der Waals surface area contributed by atoms with Crippen molar-refractivity contribution in [2.45, 2.75) is 37.5 Å². The quantitative estimate of drug-likeness (QED) is 0.648. The molecular formula is C23H24N4O3. The van der Waals surface area contributed by atoms with Crippen LogP contribution in [0, 0.1) is 0 Å². The molecule has 0 spiro atoms. The van der Waals surface area contributed by atoms with Gasteiger partial charge in [-0.15, -0.1) is 0 Å². The minimum Gasteiger partial charge on any atom is -0.322 e. The van der Waals surface area contributed by atoms with E-state index in [1.54, 1.807) is 4.90 Å². The van der Waals surface area contributed by atoms with Gasteiger partial charge in [0, 0.05) is 38.2 Å². The molecule has 7 heteroatoms. The molecule has 2 saturated heterocycles. The van der Waals surface area contributed by atoms with Gasteiger partial charge in [-0.2, -0.15) is 0 Å². The van der Waals surface area contributed by atoms with Crippen molar-refractivity contribution in [3.63, 3.8) is 0 Å². The fourth-order valence-electron chi connectivity index (χ4n) is 4.57. The summed E-state index contributed by atoms with van der Waals surface area (Å²) < 4.78 is 0. The fraction of sp³-hybridized carbons (Fsp3) is 0.348. The van der Waals surface area contributed by atoms with Crippen LogP contribution in [0.25, 0.3) is 0 Å². The van der Waals surface area contributed by atoms with Crippen LogP contribution >= 0.6 is 0 Å². The average Bonchev–Trinajstić information content (AvgIpc) is 3.04. The highest BCUT2D eigenvalue weighted by Gasteiger charge is 2.40. The Bertz CT molecular complexity index is 1020. The molecule has 7 nitrogen and oxygen atoms in total. The first-order chi connectivity index (χ1) is 14.6. The van der Waals surface area contributed by atoms with Gasteiger partial charge in [-0.3, -0.25) is 19.7 Å². The maximum absolute atomic E-state index is 12.8. The molecule has 3 N–H and O–H groups in total. The average molecular weight is 404 g/mol. The largest absolute Gasteiger partial charge is 0.322 e. The third-order valence-corrected chi connectivity index (χ3v) is 6.40. The summed E-state index contributed by atoms with van der Waals surface area (Å²) in [5.74, 6) is -0.786. The highest BCUT2D eigenvalue weighted by atomic mass is 16.2. The van der Waals surface area contributed by atoms with E-state index in [0.717, 1.165) is 24.2 Å². The van der Waals surface area contributed by atoms with Crippen molar-refractivity contribution in [1.82, 2.24) is 20.9 Å². The highest BCUT2D eigenvalue weighted by molar-refractivity contribution is 6.05. The number of rotatable bonds is 5. The lowest BCUT2D eigenvalue weighted by atomic mass is 9.84. The number of amides is 3. The number of nitrogens with zero attached hydrogens (tertiary/aromatic N) is 1. The summed E-state index contributed by atoms with van der Waals surface area (Å²) in [6.45, 7) is 2.85. The van der Waals surface area contributed by atoms with Gasteiger partial charge in [-0.1, -0.05) is 42.5 Å². The molecule has 1 atom stereocenters. The monoisotopic (exact) mass is 404 g/mol. The van der Waals surface area contributed by atoms with Crippen molar-refractivity contribution in [2.75, 3.05) is 13.1 Å². The smallest absolute Gasteiger partial charge is 0.255 e. The van der Waals surface area contributed by atoms with Crippen LogP contribution in [0.1, 0.15) is 39.9 Å². The molecule has 0 aliphatic carbocycles. The van der Waals surface area contributed by atoms with Crippen LogP contribution in [0.15, 0.2) is 48.5 Å². The summed E-state index contributed by atoms with van der Waals surface area (Å²) in [7, 11) is 0. The summed E-state index contributed by atoms with van der Waals surface area (Å²) in [4.78, 5) is 38.0. The minimum absolute atomic E-state index is 0.0746. The van der Waals surface area contributed by atoms with Gasteiger partial charge in [-0.05, 0) is 29.2 Å². The van der Waals surface area contributed by atoms with E-state index in [-0.39, 0.29) is 29.7 Å². The maximum atomic E-state index is 12.8. The van der Waals surface area contributed by atoms with E-state index >= 15 is 0 Å². The molecule has 3 heterocycles. The molecule has 0 radical (unpaired) electrons. The van der Waals surface area contributed by atoms with Crippen molar-refractivity contribution >= 4 is 17.7 Å². The molecule has 5 rings (SSSR count). The molecule has 3 aliphatic rings. The van der Waals surface area contributed by atoms with E-state index in [4.69, 9.17) is 0 Å². The summed E-state index contributed by atoms with van der Waals surface area (Å²) in [6.07, 6.45) is 0.646. The molecule has 2 aromatic rings. The van der Waals surface area contributed by atoms with Gasteiger partial charge in [0.15, 0.2) is 0 Å². The van der Waals surface area contributed by atoms with Gasteiger partial charge >= 0.3 is 0 Å². The Kier molecular flexibility index (Phi) is 4.64. The van der Waals surface area contributed by atoms with Crippen molar-refractivity contribution in [2.24, 2.45) is 0 Å². The van der Waals surface area contributed by atoms with Gasteiger partial charge in [-0.25, -0.2) is 0 Å². The van der Waals surface area contributed by atoms with Gasteiger partial charge in [0.1, 0.15) is 6.04 Å². The Labute approximate surface area is 174 Å². The Morgan fingerprint density at radius 2 is 1.87 bits per heavy atom. The Balaban J connectivity index is 1.30. The topological polar surface area (TPSA) is 90.5 Å². The summed E-state index contributed by atoms with van der Waals surface area (Å²) in [6, 6.07) is 15.7. The van der Waals surface area contributed by atoms with Crippen molar-refractivity contribution in [3.8, 4) is 0 Å². The SMILES string of the molecule is O=C1CCC(N2Cc3cc(CNC4(c5ccccc5)CNC4)ccc3C2=O)C(=O)N1. The van der Waals surface area contributed by atoms with E-state index in [9.17, 15) is 14.4 Å². The van der Waals surface area contributed by atoms with Crippen molar-refractivity contribution in [3.05, 3.63) is 70.8 Å². The lowest BCUT2D eigenvalue weighted by molar-refractivity contribution is -0.136. The molecule has 0 aromatic heterocycles. The second-order valence-corrected chi connectivity index (χ2v) is 8.30. The second-order valence-electron chi connectivity index (χ2n) is 8.30. The van der Waals surface area contributed by atoms with Crippen LogP contribution in [0.3, 0.4) is 0 Å². The predicted molar refractivity (Wildman–Crippen MR) is 110 cm³/mol. The van der Waals surface area contributed by atoms with Crippen molar-refractivity contribution in [1.29, 1.82) is 0 Å². The lowest BCUT2D eigenvalue weighted by Crippen LogP contribution is -2.64. The minimum atomic E-state index is -0.577. The zero-order valence-corrected chi connectivity index (χ0v) is 16.6. The van der Waals surface area contributed by atoms with Crippen LogP contribution in [0.5, 0.6) is 0 Å². The van der Waals surface area contributed by atoms with Gasteiger partial charge < -0.3 is 15.5 Å². The molecule has 30 heavy (non-hydrogen) atoms. The van der Waals surface area contributed by atoms with Crippen LogP contribution < -0.4 is 16.0 Å². The number of hydrogen-bond donors (Lipinski definition) is 3. The van der Waals surface area contributed by atoms with Gasteiger partial charge in [0.2, 0.25) is 11.8 Å². The van der Waals surface area contributed by atoms with E-state index < -0.39 is 6.04 Å². The highest BCUT2D eigenvalue weighted by Crippen LogP contribution is 2.29. The predicted octanol–water partition coefficient (Wildman–Crippen LogP) is 1.04. The second kappa shape index (κ2) is 7.34. The Hall–Kier alpha value is -3.03. The molecule has 1 unspecified atom stereocenters. The first-order valence-electron chi connectivity index (χ1n) is 10.3. The number of carbonyl (C=O) groups is 3. The zero-order chi connectivity index (χ0) is 20.7. The van der Waals surface area contributed by atoms with Crippen LogP contribution in [-0.4, -0.2) is 41.8 Å². The van der Waals surface area contributed by atoms with Crippen molar-refractivity contribution < 1.29 is 14.4 Å². The van der Waals surface area contributed by atoms with E-state index in [1.807, 2.05) is 18.2 Å². The molecule has 3 aliphatic heterocycles. The number of hydrogen-bond acceptors (Lipinski definition) is 5.